The Balaban J connectivity index is 2.16. The highest BCUT2D eigenvalue weighted by molar-refractivity contribution is 5.47. The maximum atomic E-state index is 13.1. The van der Waals surface area contributed by atoms with Crippen molar-refractivity contribution in [1.29, 1.82) is 0 Å². The van der Waals surface area contributed by atoms with Crippen LogP contribution < -0.4 is 5.32 Å². The summed E-state index contributed by atoms with van der Waals surface area (Å²) < 4.78 is 52.1. The summed E-state index contributed by atoms with van der Waals surface area (Å²) in [6.07, 6.45) is -3.23. The lowest BCUT2D eigenvalue weighted by atomic mass is 10.2. The molecular weight excluding hydrogens is 264 g/mol. The average molecular weight is 274 g/mol. The molecule has 19 heavy (non-hydrogen) atoms. The Kier molecular flexibility index (Phi) is 3.41. The van der Waals surface area contributed by atoms with Crippen molar-refractivity contribution in [1.82, 2.24) is 15.0 Å². The summed E-state index contributed by atoms with van der Waals surface area (Å²) in [4.78, 5) is 0. The molecule has 2 aromatic rings. The molecule has 0 bridgehead atoms. The normalized spacial score (nSPS) is 11.6. The molecule has 0 atom stereocenters. The molecule has 0 amide bonds. The van der Waals surface area contributed by atoms with Gasteiger partial charge in [0.2, 0.25) is 0 Å². The minimum absolute atomic E-state index is 0.176. The van der Waals surface area contributed by atoms with Crippen LogP contribution in [-0.4, -0.2) is 15.0 Å². The molecule has 1 aromatic heterocycles. The van der Waals surface area contributed by atoms with Crippen molar-refractivity contribution in [2.75, 3.05) is 5.32 Å². The molecule has 8 heteroatoms. The second-order valence-corrected chi connectivity index (χ2v) is 3.89. The topological polar surface area (TPSA) is 42.7 Å². The summed E-state index contributed by atoms with van der Waals surface area (Å²) in [5.74, 6) is -1.29. The van der Waals surface area contributed by atoms with E-state index >= 15 is 0 Å². The summed E-state index contributed by atoms with van der Waals surface area (Å²) in [6, 6.07) is 2.76. The van der Waals surface area contributed by atoms with Gasteiger partial charge in [0, 0.05) is 12.7 Å². The van der Waals surface area contributed by atoms with Crippen molar-refractivity contribution < 1.29 is 17.6 Å². The smallest absolute Gasteiger partial charge is 0.379 e. The van der Waals surface area contributed by atoms with E-state index in [-0.39, 0.29) is 12.2 Å². The van der Waals surface area contributed by atoms with Gasteiger partial charge in [0.25, 0.3) is 0 Å². The Morgan fingerprint density at radius 2 is 2.05 bits per heavy atom. The number of halogens is 4. The molecule has 1 heterocycles. The second kappa shape index (κ2) is 4.87. The minimum atomic E-state index is -4.71. The molecule has 0 spiro atoms. The van der Waals surface area contributed by atoms with Gasteiger partial charge in [-0.05, 0) is 18.2 Å². The van der Waals surface area contributed by atoms with Crippen LogP contribution in [0, 0.1) is 5.82 Å². The number of aryl methyl sites for hydroxylation is 1. The van der Waals surface area contributed by atoms with Crippen LogP contribution in [0.25, 0.3) is 0 Å². The second-order valence-electron chi connectivity index (χ2n) is 3.89. The lowest BCUT2D eigenvalue weighted by molar-refractivity contribution is -0.139. The van der Waals surface area contributed by atoms with Crippen LogP contribution in [0.3, 0.4) is 0 Å². The highest BCUT2D eigenvalue weighted by atomic mass is 19.4. The number of aromatic nitrogens is 3. The monoisotopic (exact) mass is 274 g/mol. The third kappa shape index (κ3) is 3.01. The van der Waals surface area contributed by atoms with Gasteiger partial charge in [-0.1, -0.05) is 5.21 Å². The fourth-order valence-electron chi connectivity index (χ4n) is 1.52. The van der Waals surface area contributed by atoms with Gasteiger partial charge in [-0.2, -0.15) is 13.2 Å². The van der Waals surface area contributed by atoms with Gasteiger partial charge in [0.15, 0.2) is 0 Å². The largest absolute Gasteiger partial charge is 0.419 e. The Morgan fingerprint density at radius 1 is 1.32 bits per heavy atom. The predicted molar refractivity (Wildman–Crippen MR) is 59.7 cm³/mol. The molecule has 0 aliphatic carbocycles. The van der Waals surface area contributed by atoms with E-state index in [1.54, 1.807) is 7.05 Å². The molecule has 0 aliphatic rings. The Hall–Kier alpha value is -2.12. The first-order valence-corrected chi connectivity index (χ1v) is 5.32. The van der Waals surface area contributed by atoms with Crippen molar-refractivity contribution in [3.8, 4) is 0 Å². The summed E-state index contributed by atoms with van der Waals surface area (Å²) in [5.41, 5.74) is -0.423. The molecule has 0 saturated heterocycles. The van der Waals surface area contributed by atoms with Crippen molar-refractivity contribution in [2.24, 2.45) is 7.05 Å². The lowest BCUT2D eigenvalue weighted by Crippen LogP contribution is -2.10. The van der Waals surface area contributed by atoms with E-state index in [4.69, 9.17) is 0 Å². The molecule has 1 aromatic carbocycles. The first-order chi connectivity index (χ1) is 8.88. The number of nitrogens with one attached hydrogen (secondary N) is 1. The van der Waals surface area contributed by atoms with Gasteiger partial charge in [0.05, 0.1) is 24.0 Å². The molecule has 0 radical (unpaired) electrons. The minimum Gasteiger partial charge on any atom is -0.379 e. The van der Waals surface area contributed by atoms with Gasteiger partial charge in [-0.3, -0.25) is 4.68 Å². The van der Waals surface area contributed by atoms with Crippen LogP contribution in [0.1, 0.15) is 11.3 Å². The number of alkyl halides is 3. The number of rotatable bonds is 3. The zero-order valence-electron chi connectivity index (χ0n) is 9.87. The molecular formula is C11H10F4N4. The molecule has 2 rings (SSSR count). The van der Waals surface area contributed by atoms with E-state index in [1.807, 2.05) is 0 Å². The SMILES string of the molecule is Cn1nncc1CNc1ccc(F)c(C(F)(F)F)c1. The molecule has 0 fully saturated rings. The quantitative estimate of drug-likeness (QED) is 0.875. The van der Waals surface area contributed by atoms with E-state index in [9.17, 15) is 17.6 Å². The van der Waals surface area contributed by atoms with E-state index in [0.717, 1.165) is 12.1 Å². The van der Waals surface area contributed by atoms with Gasteiger partial charge in [-0.15, -0.1) is 5.10 Å². The summed E-state index contributed by atoms with van der Waals surface area (Å²) in [7, 11) is 1.66. The molecule has 0 aliphatic heterocycles. The van der Waals surface area contributed by atoms with E-state index in [1.165, 1.54) is 16.9 Å². The van der Waals surface area contributed by atoms with Gasteiger partial charge in [-0.25, -0.2) is 4.39 Å². The summed E-state index contributed by atoms with van der Waals surface area (Å²) in [6.45, 7) is 0.242. The molecule has 102 valence electrons. The van der Waals surface area contributed by atoms with Crippen LogP contribution in [0.15, 0.2) is 24.4 Å². The van der Waals surface area contributed by atoms with Crippen molar-refractivity contribution >= 4 is 5.69 Å². The highest BCUT2D eigenvalue weighted by Crippen LogP contribution is 2.33. The Bertz CT molecular complexity index is 576. The zero-order valence-corrected chi connectivity index (χ0v) is 9.87. The van der Waals surface area contributed by atoms with E-state index in [0.29, 0.717) is 5.69 Å². The van der Waals surface area contributed by atoms with Gasteiger partial charge >= 0.3 is 6.18 Å². The van der Waals surface area contributed by atoms with Crippen molar-refractivity contribution in [3.63, 3.8) is 0 Å². The Labute approximate surface area is 106 Å². The number of anilines is 1. The average Bonchev–Trinajstić information content (AvgIpc) is 2.72. The third-order valence-electron chi connectivity index (χ3n) is 2.55. The van der Waals surface area contributed by atoms with Gasteiger partial charge < -0.3 is 5.32 Å². The van der Waals surface area contributed by atoms with Crippen LogP contribution in [0.4, 0.5) is 23.2 Å². The number of hydrogen-bond donors (Lipinski definition) is 1. The van der Waals surface area contributed by atoms with Gasteiger partial charge in [0.1, 0.15) is 5.82 Å². The summed E-state index contributed by atoms with van der Waals surface area (Å²) >= 11 is 0. The molecule has 4 nitrogen and oxygen atoms in total. The third-order valence-corrected chi connectivity index (χ3v) is 2.55. The van der Waals surface area contributed by atoms with Crippen LogP contribution in [0.2, 0.25) is 0 Å². The van der Waals surface area contributed by atoms with E-state index in [2.05, 4.69) is 15.6 Å². The number of hydrogen-bond acceptors (Lipinski definition) is 3. The van der Waals surface area contributed by atoms with Crippen LogP contribution >= 0.6 is 0 Å². The fraction of sp³-hybridized carbons (Fsp3) is 0.273. The standard InChI is InChI=1S/C11H10F4N4/c1-19-8(6-17-18-19)5-16-7-2-3-10(12)9(4-7)11(13,14)15/h2-4,6,16H,5H2,1H3. The maximum absolute atomic E-state index is 13.1. The molecule has 0 unspecified atom stereocenters. The maximum Gasteiger partial charge on any atom is 0.419 e. The zero-order chi connectivity index (χ0) is 14.0. The van der Waals surface area contributed by atoms with E-state index < -0.39 is 17.6 Å². The molecule has 1 N–H and O–H groups in total. The van der Waals surface area contributed by atoms with Crippen molar-refractivity contribution in [2.45, 2.75) is 12.7 Å². The lowest BCUT2D eigenvalue weighted by Gasteiger charge is -2.11. The Morgan fingerprint density at radius 3 is 2.63 bits per heavy atom. The fourth-order valence-corrected chi connectivity index (χ4v) is 1.52. The number of benzene rings is 1. The highest BCUT2D eigenvalue weighted by Gasteiger charge is 2.34. The van der Waals surface area contributed by atoms with Crippen molar-refractivity contribution in [3.05, 3.63) is 41.5 Å². The molecule has 0 saturated carbocycles. The first kappa shape index (κ1) is 13.3. The summed E-state index contributed by atoms with van der Waals surface area (Å²) in [5, 5.41) is 10.1. The van der Waals surface area contributed by atoms with Crippen LogP contribution in [0.5, 0.6) is 0 Å². The first-order valence-electron chi connectivity index (χ1n) is 5.32. The van der Waals surface area contributed by atoms with Crippen LogP contribution in [-0.2, 0) is 19.8 Å². The predicted octanol–water partition coefficient (Wildman–Crippen LogP) is 2.59. The number of nitrogens with zero attached hydrogens (tertiary/aromatic N) is 3.